The monoisotopic (exact) mass is 156 g/mol. The van der Waals surface area contributed by atoms with Crippen LogP contribution in [0.1, 0.15) is 40.5 Å². The van der Waals surface area contributed by atoms with Crippen molar-refractivity contribution in [3.05, 3.63) is 0 Å². The van der Waals surface area contributed by atoms with E-state index in [4.69, 9.17) is 0 Å². The molecule has 0 heterocycles. The van der Waals surface area contributed by atoms with Crippen LogP contribution in [0.25, 0.3) is 0 Å². The predicted molar refractivity (Wildman–Crippen MR) is 47.3 cm³/mol. The summed E-state index contributed by atoms with van der Waals surface area (Å²) in [6.45, 7) is 8.70. The maximum absolute atomic E-state index is 9.89. The van der Waals surface area contributed by atoms with Gasteiger partial charge in [0.2, 0.25) is 0 Å². The molecule has 0 radical (unpaired) electrons. The highest BCUT2D eigenvalue weighted by atomic mass is 16.3. The van der Waals surface area contributed by atoms with Gasteiger partial charge in [-0.2, -0.15) is 0 Å². The topological polar surface area (TPSA) is 20.2 Å². The van der Waals surface area contributed by atoms with E-state index in [0.717, 1.165) is 0 Å². The Kier molecular flexibility index (Phi) is 2.29. The number of rotatable bonds is 3. The minimum Gasteiger partial charge on any atom is -0.392 e. The van der Waals surface area contributed by atoms with Gasteiger partial charge in [-0.25, -0.2) is 0 Å². The fourth-order valence-electron chi connectivity index (χ4n) is 1.49. The van der Waals surface area contributed by atoms with Crippen molar-refractivity contribution in [2.45, 2.75) is 46.6 Å². The van der Waals surface area contributed by atoms with Gasteiger partial charge in [0.05, 0.1) is 6.10 Å². The number of hydrogen-bond acceptors (Lipinski definition) is 1. The summed E-state index contributed by atoms with van der Waals surface area (Å²) >= 11 is 0. The smallest absolute Gasteiger partial charge is 0.0621 e. The zero-order valence-corrected chi connectivity index (χ0v) is 8.09. The normalized spacial score (nSPS) is 26.7. The van der Waals surface area contributed by atoms with Crippen LogP contribution in [-0.2, 0) is 0 Å². The van der Waals surface area contributed by atoms with E-state index < -0.39 is 0 Å². The highest BCUT2D eigenvalue weighted by Crippen LogP contribution is 2.50. The van der Waals surface area contributed by atoms with Gasteiger partial charge in [-0.1, -0.05) is 27.7 Å². The van der Waals surface area contributed by atoms with Crippen molar-refractivity contribution >= 4 is 0 Å². The molecule has 0 saturated heterocycles. The molecule has 0 aromatic heterocycles. The fourth-order valence-corrected chi connectivity index (χ4v) is 1.49. The number of aliphatic hydroxyl groups is 1. The van der Waals surface area contributed by atoms with Crippen LogP contribution in [0.3, 0.4) is 0 Å². The van der Waals surface area contributed by atoms with Crippen molar-refractivity contribution in [2.75, 3.05) is 0 Å². The Bertz CT molecular complexity index is 136. The molecule has 2 unspecified atom stereocenters. The van der Waals surface area contributed by atoms with Gasteiger partial charge < -0.3 is 5.11 Å². The van der Waals surface area contributed by atoms with Crippen molar-refractivity contribution in [2.24, 2.45) is 17.3 Å². The largest absolute Gasteiger partial charge is 0.392 e. The molecule has 1 heteroatoms. The first-order valence-corrected chi connectivity index (χ1v) is 4.65. The van der Waals surface area contributed by atoms with Gasteiger partial charge in [-0.3, -0.25) is 0 Å². The molecule has 0 aliphatic heterocycles. The predicted octanol–water partition coefficient (Wildman–Crippen LogP) is 2.44. The zero-order valence-electron chi connectivity index (χ0n) is 8.09. The van der Waals surface area contributed by atoms with Crippen LogP contribution in [0.2, 0.25) is 0 Å². The van der Waals surface area contributed by atoms with E-state index in [1.165, 1.54) is 12.8 Å². The van der Waals surface area contributed by atoms with E-state index in [9.17, 15) is 5.11 Å². The third-order valence-electron chi connectivity index (χ3n) is 3.30. The average molecular weight is 156 g/mol. The van der Waals surface area contributed by atoms with Crippen molar-refractivity contribution in [3.8, 4) is 0 Å². The molecule has 0 amide bonds. The highest BCUT2D eigenvalue weighted by molar-refractivity contribution is 4.96. The lowest BCUT2D eigenvalue weighted by molar-refractivity contribution is 0.0332. The first kappa shape index (κ1) is 9.05. The maximum Gasteiger partial charge on any atom is 0.0621 e. The second-order valence-electron chi connectivity index (χ2n) is 4.70. The first-order chi connectivity index (χ1) is 4.97. The molecule has 0 bridgehead atoms. The van der Waals surface area contributed by atoms with E-state index in [1.807, 2.05) is 0 Å². The van der Waals surface area contributed by atoms with Gasteiger partial charge in [0.1, 0.15) is 0 Å². The molecule has 1 rings (SSSR count). The minimum absolute atomic E-state index is 0.0810. The molecule has 2 atom stereocenters. The molecule has 1 aliphatic rings. The first-order valence-electron chi connectivity index (χ1n) is 4.65. The van der Waals surface area contributed by atoms with E-state index in [0.29, 0.717) is 11.8 Å². The highest BCUT2D eigenvalue weighted by Gasteiger charge is 2.46. The molecule has 1 saturated carbocycles. The Morgan fingerprint density at radius 1 is 1.18 bits per heavy atom. The third kappa shape index (κ3) is 1.76. The molecule has 0 aromatic carbocycles. The van der Waals surface area contributed by atoms with Crippen LogP contribution < -0.4 is 0 Å². The van der Waals surface area contributed by atoms with Crippen molar-refractivity contribution in [3.63, 3.8) is 0 Å². The Labute approximate surface area is 69.8 Å². The molecule has 1 N–H and O–H groups in total. The Hall–Kier alpha value is -0.0400. The summed E-state index contributed by atoms with van der Waals surface area (Å²) in [5.41, 5.74) is 0.268. The lowest BCUT2D eigenvalue weighted by atomic mass is 9.84. The van der Waals surface area contributed by atoms with Gasteiger partial charge in [-0.05, 0) is 30.1 Å². The lowest BCUT2D eigenvalue weighted by Crippen LogP contribution is -2.30. The van der Waals surface area contributed by atoms with Crippen molar-refractivity contribution < 1.29 is 5.11 Å². The minimum atomic E-state index is -0.0810. The Morgan fingerprint density at radius 3 is 1.91 bits per heavy atom. The lowest BCUT2D eigenvalue weighted by Gasteiger charge is -2.27. The summed E-state index contributed by atoms with van der Waals surface area (Å²) in [6, 6.07) is 0. The van der Waals surface area contributed by atoms with Gasteiger partial charge in [0, 0.05) is 0 Å². The SMILES string of the molecule is CC(C)C(C)C(O)C1(C)CC1. The summed E-state index contributed by atoms with van der Waals surface area (Å²) in [6.07, 6.45) is 2.35. The summed E-state index contributed by atoms with van der Waals surface area (Å²) in [5.74, 6) is 1.05. The molecule has 66 valence electrons. The van der Waals surface area contributed by atoms with Crippen LogP contribution in [-0.4, -0.2) is 11.2 Å². The van der Waals surface area contributed by atoms with E-state index in [1.54, 1.807) is 0 Å². The second kappa shape index (κ2) is 2.78. The molecule has 0 aromatic rings. The summed E-state index contributed by atoms with van der Waals surface area (Å²) in [5, 5.41) is 9.89. The van der Waals surface area contributed by atoms with Crippen LogP contribution in [0.4, 0.5) is 0 Å². The fraction of sp³-hybridized carbons (Fsp3) is 1.00. The molecule has 0 spiro atoms. The van der Waals surface area contributed by atoms with Gasteiger partial charge in [-0.15, -0.1) is 0 Å². The summed E-state index contributed by atoms with van der Waals surface area (Å²) in [4.78, 5) is 0. The molecular formula is C10H20O. The van der Waals surface area contributed by atoms with Crippen LogP contribution in [0.5, 0.6) is 0 Å². The summed E-state index contributed by atoms with van der Waals surface area (Å²) < 4.78 is 0. The molecular weight excluding hydrogens is 136 g/mol. The average Bonchev–Trinajstić information content (AvgIpc) is 2.66. The maximum atomic E-state index is 9.89. The van der Waals surface area contributed by atoms with Gasteiger partial charge >= 0.3 is 0 Å². The number of hydrogen-bond donors (Lipinski definition) is 1. The summed E-state index contributed by atoms with van der Waals surface area (Å²) in [7, 11) is 0. The second-order valence-corrected chi connectivity index (χ2v) is 4.70. The third-order valence-corrected chi connectivity index (χ3v) is 3.30. The molecule has 1 fully saturated rings. The van der Waals surface area contributed by atoms with Gasteiger partial charge in [0.15, 0.2) is 0 Å². The van der Waals surface area contributed by atoms with E-state index in [-0.39, 0.29) is 11.5 Å². The van der Waals surface area contributed by atoms with Crippen LogP contribution >= 0.6 is 0 Å². The van der Waals surface area contributed by atoms with E-state index in [2.05, 4.69) is 27.7 Å². The quantitative estimate of drug-likeness (QED) is 0.665. The molecule has 1 nitrogen and oxygen atoms in total. The zero-order chi connectivity index (χ0) is 8.65. The Morgan fingerprint density at radius 2 is 1.64 bits per heavy atom. The molecule has 1 aliphatic carbocycles. The van der Waals surface area contributed by atoms with Gasteiger partial charge in [0.25, 0.3) is 0 Å². The van der Waals surface area contributed by atoms with Crippen molar-refractivity contribution in [1.29, 1.82) is 0 Å². The van der Waals surface area contributed by atoms with Crippen LogP contribution in [0.15, 0.2) is 0 Å². The van der Waals surface area contributed by atoms with E-state index >= 15 is 0 Å². The Balaban J connectivity index is 2.46. The standard InChI is InChI=1S/C10H20O/c1-7(2)8(3)9(11)10(4)5-6-10/h7-9,11H,5-6H2,1-4H3. The van der Waals surface area contributed by atoms with Crippen molar-refractivity contribution in [1.82, 2.24) is 0 Å². The number of aliphatic hydroxyl groups excluding tert-OH is 1. The van der Waals surface area contributed by atoms with Crippen LogP contribution in [0, 0.1) is 17.3 Å². The molecule has 11 heavy (non-hydrogen) atoms.